The molecule has 0 spiro atoms. The molecule has 0 N–H and O–H groups in total. The maximum Gasteiger partial charge on any atom is 0.306 e. The van der Waals surface area contributed by atoms with Gasteiger partial charge in [0, 0.05) is 35.2 Å². The zero-order valence-corrected chi connectivity index (χ0v) is 18.5. The third kappa shape index (κ3) is 7.01. The van der Waals surface area contributed by atoms with Gasteiger partial charge >= 0.3 is 5.97 Å². The summed E-state index contributed by atoms with van der Waals surface area (Å²) in [6.45, 7) is 2.76. The molecule has 0 atom stereocenters. The molecule has 9 heteroatoms. The summed E-state index contributed by atoms with van der Waals surface area (Å²) in [5, 5.41) is 11.2. The average molecular weight is 457 g/mol. The van der Waals surface area contributed by atoms with Crippen LogP contribution in [0, 0.1) is 10.1 Å². The highest BCUT2D eigenvalue weighted by molar-refractivity contribution is 5.97. The molecule has 0 aromatic heterocycles. The molecule has 2 aromatic carbocycles. The summed E-state index contributed by atoms with van der Waals surface area (Å²) in [7, 11) is 0. The highest BCUT2D eigenvalue weighted by Crippen LogP contribution is 2.33. The van der Waals surface area contributed by atoms with Crippen molar-refractivity contribution in [2.45, 2.75) is 52.2 Å². The second-order valence-electron chi connectivity index (χ2n) is 7.62. The van der Waals surface area contributed by atoms with Crippen LogP contribution in [0.3, 0.4) is 0 Å². The van der Waals surface area contributed by atoms with Crippen LogP contribution in [0.5, 0.6) is 11.5 Å². The molecule has 0 aliphatic carbocycles. The van der Waals surface area contributed by atoms with E-state index in [1.54, 1.807) is 24.3 Å². The van der Waals surface area contributed by atoms with Crippen LogP contribution in [-0.4, -0.2) is 30.1 Å². The molecule has 9 nitrogen and oxygen atoms in total. The van der Waals surface area contributed by atoms with Crippen molar-refractivity contribution < 1.29 is 33.5 Å². The van der Waals surface area contributed by atoms with Crippen LogP contribution in [0.2, 0.25) is 0 Å². The van der Waals surface area contributed by atoms with Gasteiger partial charge in [0.05, 0.1) is 24.6 Å². The Morgan fingerprint density at radius 2 is 1.91 bits per heavy atom. The summed E-state index contributed by atoms with van der Waals surface area (Å²) >= 11 is 0. The third-order valence-electron chi connectivity index (χ3n) is 5.12. The Balaban J connectivity index is 1.49. The lowest BCUT2D eigenvalue weighted by molar-refractivity contribution is -0.385. The number of non-ortho nitro benzene ring substituents is 1. The van der Waals surface area contributed by atoms with E-state index in [-0.39, 0.29) is 44.3 Å². The van der Waals surface area contributed by atoms with Crippen molar-refractivity contribution in [3.8, 4) is 11.5 Å². The molecule has 0 fully saturated rings. The Hall–Kier alpha value is -3.46. The number of carbonyl (C=O) groups excluding carboxylic acids is 2. The number of hydrogen-bond acceptors (Lipinski definition) is 8. The fraction of sp³-hybridized carbons (Fsp3) is 0.417. The number of benzene rings is 2. The van der Waals surface area contributed by atoms with E-state index in [0.717, 1.165) is 19.3 Å². The normalized spacial score (nSPS) is 12.4. The molecule has 2 aromatic rings. The number of hydrogen-bond donors (Lipinski definition) is 0. The molecule has 1 aliphatic rings. The molecule has 1 heterocycles. The van der Waals surface area contributed by atoms with Crippen LogP contribution in [-0.2, 0) is 27.5 Å². The fourth-order valence-corrected chi connectivity index (χ4v) is 3.36. The van der Waals surface area contributed by atoms with E-state index in [1.165, 1.54) is 12.1 Å². The van der Waals surface area contributed by atoms with E-state index in [0.29, 0.717) is 34.8 Å². The highest BCUT2D eigenvalue weighted by Gasteiger charge is 2.22. The number of rotatable bonds is 12. The van der Waals surface area contributed by atoms with Gasteiger partial charge in [0.25, 0.3) is 5.69 Å². The summed E-state index contributed by atoms with van der Waals surface area (Å²) in [5.41, 5.74) is 1.26. The maximum atomic E-state index is 12.4. The lowest BCUT2D eigenvalue weighted by Crippen LogP contribution is -2.15. The summed E-state index contributed by atoms with van der Waals surface area (Å²) in [6.07, 6.45) is 3.10. The average Bonchev–Trinajstić information content (AvgIpc) is 2.83. The molecule has 1 aliphatic heterocycles. The Morgan fingerprint density at radius 1 is 1.12 bits per heavy atom. The first-order chi connectivity index (χ1) is 16.0. The van der Waals surface area contributed by atoms with E-state index in [9.17, 15) is 19.7 Å². The Labute approximate surface area is 191 Å². The van der Waals surface area contributed by atoms with Crippen molar-refractivity contribution in [1.29, 1.82) is 0 Å². The predicted octanol–water partition coefficient (Wildman–Crippen LogP) is 4.74. The number of esters is 1. The van der Waals surface area contributed by atoms with Gasteiger partial charge in [-0.2, -0.15) is 0 Å². The van der Waals surface area contributed by atoms with Crippen LogP contribution in [0.25, 0.3) is 0 Å². The minimum atomic E-state index is -0.577. The van der Waals surface area contributed by atoms with Crippen molar-refractivity contribution in [3.63, 3.8) is 0 Å². The first kappa shape index (κ1) is 24.2. The van der Waals surface area contributed by atoms with E-state index in [4.69, 9.17) is 18.9 Å². The van der Waals surface area contributed by atoms with Gasteiger partial charge in [-0.05, 0) is 30.7 Å². The number of Topliss-reactive ketones (excluding diaryl/α,β-unsaturated/α-hetero) is 1. The molecular weight excluding hydrogens is 430 g/mol. The molecule has 0 unspecified atom stereocenters. The summed E-state index contributed by atoms with van der Waals surface area (Å²) < 4.78 is 21.5. The van der Waals surface area contributed by atoms with E-state index >= 15 is 0 Å². The third-order valence-corrected chi connectivity index (χ3v) is 5.12. The zero-order valence-electron chi connectivity index (χ0n) is 18.5. The molecule has 0 amide bonds. The van der Waals surface area contributed by atoms with Crippen molar-refractivity contribution in [1.82, 2.24) is 0 Å². The van der Waals surface area contributed by atoms with Crippen molar-refractivity contribution in [2.75, 3.05) is 13.4 Å². The molecule has 0 radical (unpaired) electrons. The molecule has 0 saturated heterocycles. The second-order valence-corrected chi connectivity index (χ2v) is 7.62. The van der Waals surface area contributed by atoms with E-state index < -0.39 is 10.9 Å². The van der Waals surface area contributed by atoms with E-state index in [2.05, 4.69) is 6.92 Å². The summed E-state index contributed by atoms with van der Waals surface area (Å²) in [4.78, 5) is 35.2. The molecule has 3 rings (SSSR count). The molecule has 0 saturated carbocycles. The van der Waals surface area contributed by atoms with Crippen LogP contribution in [0.1, 0.15) is 60.5 Å². The largest absolute Gasteiger partial charge is 0.494 e. The fourth-order valence-electron chi connectivity index (χ4n) is 3.36. The monoisotopic (exact) mass is 457 g/mol. The maximum absolute atomic E-state index is 12.4. The minimum absolute atomic E-state index is 0.00702. The standard InChI is InChI=1S/C24H27NO8/c1-2-3-4-11-31-21-7-5-17(6-8-21)22(26)9-10-23(27)32-15-19-13-20(25(28)29)12-18-14-30-16-33-24(18)19/h5-8,12-13H,2-4,9-11,14-16H2,1H3. The van der Waals surface area contributed by atoms with Gasteiger partial charge in [0.1, 0.15) is 18.1 Å². The second kappa shape index (κ2) is 12.0. The lowest BCUT2D eigenvalue weighted by Gasteiger charge is -2.20. The molecule has 176 valence electrons. The SMILES string of the molecule is CCCCCOc1ccc(C(=O)CCC(=O)OCc2cc([N+](=O)[O-])cc3c2OCOC3)cc1. The smallest absolute Gasteiger partial charge is 0.306 e. The van der Waals surface area contributed by atoms with Crippen molar-refractivity contribution in [2.24, 2.45) is 0 Å². The zero-order chi connectivity index (χ0) is 23.6. The number of unbranched alkanes of at least 4 members (excludes halogenated alkanes) is 2. The number of fused-ring (bicyclic) bond motifs is 1. The number of nitro groups is 1. The van der Waals surface area contributed by atoms with Gasteiger partial charge in [-0.3, -0.25) is 19.7 Å². The van der Waals surface area contributed by atoms with Crippen LogP contribution in [0.15, 0.2) is 36.4 Å². The van der Waals surface area contributed by atoms with Gasteiger partial charge < -0.3 is 18.9 Å². The van der Waals surface area contributed by atoms with Gasteiger partial charge in [0.2, 0.25) is 0 Å². The Bertz CT molecular complexity index is 987. The van der Waals surface area contributed by atoms with Gasteiger partial charge in [0.15, 0.2) is 12.6 Å². The Kier molecular flexibility index (Phi) is 8.77. The molecule has 0 bridgehead atoms. The number of carbonyl (C=O) groups is 2. The minimum Gasteiger partial charge on any atom is -0.494 e. The lowest BCUT2D eigenvalue weighted by atomic mass is 10.1. The molecular formula is C24H27NO8. The number of nitro benzene ring substituents is 1. The quantitative estimate of drug-likeness (QED) is 0.148. The van der Waals surface area contributed by atoms with Crippen LogP contribution >= 0.6 is 0 Å². The van der Waals surface area contributed by atoms with Crippen LogP contribution < -0.4 is 9.47 Å². The number of nitrogens with zero attached hydrogens (tertiary/aromatic N) is 1. The predicted molar refractivity (Wildman–Crippen MR) is 118 cm³/mol. The van der Waals surface area contributed by atoms with Gasteiger partial charge in [-0.1, -0.05) is 19.8 Å². The van der Waals surface area contributed by atoms with Gasteiger partial charge in [-0.15, -0.1) is 0 Å². The Morgan fingerprint density at radius 3 is 2.64 bits per heavy atom. The van der Waals surface area contributed by atoms with Crippen molar-refractivity contribution in [3.05, 3.63) is 63.2 Å². The van der Waals surface area contributed by atoms with Crippen molar-refractivity contribution >= 4 is 17.4 Å². The highest BCUT2D eigenvalue weighted by atomic mass is 16.7. The first-order valence-corrected chi connectivity index (χ1v) is 10.9. The topological polar surface area (TPSA) is 114 Å². The summed E-state index contributed by atoms with van der Waals surface area (Å²) in [6, 6.07) is 9.53. The summed E-state index contributed by atoms with van der Waals surface area (Å²) in [5.74, 6) is 0.368. The number of ether oxygens (including phenoxy) is 4. The first-order valence-electron chi connectivity index (χ1n) is 10.9. The van der Waals surface area contributed by atoms with Crippen LogP contribution in [0.4, 0.5) is 5.69 Å². The number of ketones is 1. The molecule has 33 heavy (non-hydrogen) atoms. The van der Waals surface area contributed by atoms with E-state index in [1.807, 2.05) is 0 Å². The van der Waals surface area contributed by atoms with Gasteiger partial charge in [-0.25, -0.2) is 0 Å².